The average Bonchev–Trinajstić information content (AvgIpc) is 2.91. The fraction of sp³-hybridized carbons (Fsp3) is 0.118. The van der Waals surface area contributed by atoms with Crippen LogP contribution >= 0.6 is 0 Å². The van der Waals surface area contributed by atoms with Gasteiger partial charge in [0.2, 0.25) is 0 Å². The highest BCUT2D eigenvalue weighted by Crippen LogP contribution is 2.34. The molecule has 0 aliphatic rings. The molecule has 112 valence electrons. The van der Waals surface area contributed by atoms with E-state index in [2.05, 4.69) is 5.16 Å². The number of aliphatic hydroxyl groups excluding tert-OH is 1. The van der Waals surface area contributed by atoms with E-state index in [0.29, 0.717) is 11.3 Å². The monoisotopic (exact) mass is 301 g/mol. The van der Waals surface area contributed by atoms with E-state index in [4.69, 9.17) is 4.52 Å². The number of nitrogens with zero attached hydrogens (tertiary/aromatic N) is 1. The first kappa shape index (κ1) is 14.4. The van der Waals surface area contributed by atoms with Crippen molar-refractivity contribution in [3.8, 4) is 22.6 Å². The van der Waals surface area contributed by atoms with Gasteiger partial charge >= 0.3 is 0 Å². The molecule has 0 aliphatic carbocycles. The summed E-state index contributed by atoms with van der Waals surface area (Å²) in [6, 6.07) is 10.7. The van der Waals surface area contributed by atoms with Gasteiger partial charge in [0, 0.05) is 17.2 Å². The molecule has 0 fully saturated rings. The highest BCUT2D eigenvalue weighted by atomic mass is 19.1. The topological polar surface area (TPSA) is 46.3 Å². The van der Waals surface area contributed by atoms with Crippen molar-refractivity contribution in [2.24, 2.45) is 0 Å². The number of halogens is 2. The molecule has 1 N–H and O–H groups in total. The van der Waals surface area contributed by atoms with Crippen LogP contribution in [0.25, 0.3) is 22.6 Å². The number of hydrogen-bond acceptors (Lipinski definition) is 3. The van der Waals surface area contributed by atoms with Crippen molar-refractivity contribution < 1.29 is 18.4 Å². The minimum atomic E-state index is -0.751. The first-order valence-corrected chi connectivity index (χ1v) is 6.72. The zero-order valence-electron chi connectivity index (χ0n) is 11.8. The molecule has 2 aromatic carbocycles. The van der Waals surface area contributed by atoms with Gasteiger partial charge in [-0.2, -0.15) is 0 Å². The van der Waals surface area contributed by atoms with Crippen LogP contribution in [0.1, 0.15) is 11.1 Å². The molecule has 0 saturated carbocycles. The first-order chi connectivity index (χ1) is 10.6. The van der Waals surface area contributed by atoms with Crippen LogP contribution in [0.15, 0.2) is 47.0 Å². The van der Waals surface area contributed by atoms with Gasteiger partial charge in [-0.15, -0.1) is 0 Å². The molecule has 0 radical (unpaired) electrons. The maximum atomic E-state index is 13.9. The zero-order chi connectivity index (χ0) is 15.7. The molecule has 1 aromatic heterocycles. The molecule has 5 heteroatoms. The fourth-order valence-corrected chi connectivity index (χ4v) is 2.39. The maximum Gasteiger partial charge on any atom is 0.173 e. The van der Waals surface area contributed by atoms with E-state index in [1.165, 1.54) is 6.07 Å². The van der Waals surface area contributed by atoms with E-state index in [1.807, 2.05) is 31.2 Å². The van der Waals surface area contributed by atoms with Crippen molar-refractivity contribution in [2.75, 3.05) is 0 Å². The molecule has 0 amide bonds. The predicted octanol–water partition coefficient (Wildman–Crippen LogP) is 4.09. The first-order valence-electron chi connectivity index (χ1n) is 6.72. The van der Waals surface area contributed by atoms with Crippen molar-refractivity contribution in [3.05, 3.63) is 65.2 Å². The van der Waals surface area contributed by atoms with Crippen LogP contribution in [0, 0.1) is 18.6 Å². The van der Waals surface area contributed by atoms with Crippen LogP contribution in [-0.4, -0.2) is 10.3 Å². The fourth-order valence-electron chi connectivity index (χ4n) is 2.39. The van der Waals surface area contributed by atoms with Gasteiger partial charge in [-0.3, -0.25) is 0 Å². The van der Waals surface area contributed by atoms with Crippen LogP contribution in [0.2, 0.25) is 0 Å². The molecule has 0 atom stereocenters. The summed E-state index contributed by atoms with van der Waals surface area (Å²) in [5.74, 6) is -1.03. The highest BCUT2D eigenvalue weighted by molar-refractivity contribution is 5.74. The van der Waals surface area contributed by atoms with E-state index >= 15 is 0 Å². The van der Waals surface area contributed by atoms with Crippen LogP contribution in [0.3, 0.4) is 0 Å². The molecule has 0 unspecified atom stereocenters. The van der Waals surface area contributed by atoms with Crippen molar-refractivity contribution in [3.63, 3.8) is 0 Å². The second-order valence-electron chi connectivity index (χ2n) is 4.94. The Morgan fingerprint density at radius 1 is 1.09 bits per heavy atom. The van der Waals surface area contributed by atoms with Crippen LogP contribution in [0.4, 0.5) is 8.78 Å². The summed E-state index contributed by atoms with van der Waals surface area (Å²) < 4.78 is 32.3. The van der Waals surface area contributed by atoms with Gasteiger partial charge < -0.3 is 9.63 Å². The predicted molar refractivity (Wildman–Crippen MR) is 78.0 cm³/mol. The molecular weight excluding hydrogens is 288 g/mol. The van der Waals surface area contributed by atoms with Crippen LogP contribution in [-0.2, 0) is 6.61 Å². The lowest BCUT2D eigenvalue weighted by molar-refractivity contribution is 0.281. The minimum absolute atomic E-state index is 0.0917. The molecule has 3 rings (SSSR count). The van der Waals surface area contributed by atoms with E-state index in [-0.39, 0.29) is 17.9 Å². The number of rotatable bonds is 3. The molecule has 0 aliphatic heterocycles. The lowest BCUT2D eigenvalue weighted by atomic mass is 10.00. The quantitative estimate of drug-likeness (QED) is 0.792. The number of hydrogen-bond donors (Lipinski definition) is 1. The Morgan fingerprint density at radius 2 is 1.86 bits per heavy atom. The largest absolute Gasteiger partial charge is 0.391 e. The lowest BCUT2D eigenvalue weighted by Gasteiger charge is -2.04. The van der Waals surface area contributed by atoms with Crippen molar-refractivity contribution in [2.45, 2.75) is 13.5 Å². The molecule has 0 bridgehead atoms. The van der Waals surface area contributed by atoms with Gasteiger partial charge in [0.1, 0.15) is 17.3 Å². The molecule has 0 saturated heterocycles. The Bertz CT molecular complexity index is 827. The minimum Gasteiger partial charge on any atom is -0.391 e. The Kier molecular flexibility index (Phi) is 3.73. The Hall–Kier alpha value is -2.53. The summed E-state index contributed by atoms with van der Waals surface area (Å²) in [5, 5.41) is 13.5. The third-order valence-corrected chi connectivity index (χ3v) is 3.52. The normalized spacial score (nSPS) is 10.9. The van der Waals surface area contributed by atoms with Crippen molar-refractivity contribution in [1.82, 2.24) is 5.16 Å². The highest BCUT2D eigenvalue weighted by Gasteiger charge is 2.21. The van der Waals surface area contributed by atoms with Gasteiger partial charge in [0.05, 0.1) is 12.2 Å². The molecular formula is C17H13F2NO2. The van der Waals surface area contributed by atoms with Crippen LogP contribution in [0.5, 0.6) is 0 Å². The summed E-state index contributed by atoms with van der Waals surface area (Å²) in [4.78, 5) is 0. The lowest BCUT2D eigenvalue weighted by Crippen LogP contribution is -1.93. The summed E-state index contributed by atoms with van der Waals surface area (Å²) in [6.45, 7) is 1.54. The standard InChI is InChI=1S/C17H13F2NO2/c1-10-4-2-3-5-12(10)17-14(9-21)16(20-22-17)13-7-6-11(18)8-15(13)19/h2-8,21H,9H2,1H3. The maximum absolute atomic E-state index is 13.9. The number of aromatic nitrogens is 1. The Morgan fingerprint density at radius 3 is 2.55 bits per heavy atom. The molecule has 0 spiro atoms. The van der Waals surface area contributed by atoms with E-state index in [0.717, 1.165) is 23.3 Å². The van der Waals surface area contributed by atoms with Crippen molar-refractivity contribution >= 4 is 0 Å². The van der Waals surface area contributed by atoms with Gasteiger partial charge in [-0.1, -0.05) is 29.4 Å². The second-order valence-corrected chi connectivity index (χ2v) is 4.94. The number of aliphatic hydroxyl groups is 1. The van der Waals surface area contributed by atoms with E-state index < -0.39 is 11.6 Å². The summed E-state index contributed by atoms with van der Waals surface area (Å²) in [5.41, 5.74) is 2.36. The molecule has 1 heterocycles. The third kappa shape index (κ3) is 2.40. The zero-order valence-corrected chi connectivity index (χ0v) is 11.8. The van der Waals surface area contributed by atoms with E-state index in [1.54, 1.807) is 0 Å². The number of benzene rings is 2. The second kappa shape index (κ2) is 5.69. The molecule has 22 heavy (non-hydrogen) atoms. The van der Waals surface area contributed by atoms with Gasteiger partial charge in [0.15, 0.2) is 5.76 Å². The summed E-state index contributed by atoms with van der Waals surface area (Å²) in [6.07, 6.45) is 0. The van der Waals surface area contributed by atoms with Gasteiger partial charge in [0.25, 0.3) is 0 Å². The Labute approximate surface area is 125 Å². The smallest absolute Gasteiger partial charge is 0.173 e. The average molecular weight is 301 g/mol. The molecule has 3 aromatic rings. The SMILES string of the molecule is Cc1ccccc1-c1onc(-c2ccc(F)cc2F)c1CO. The summed E-state index contributed by atoms with van der Waals surface area (Å²) in [7, 11) is 0. The summed E-state index contributed by atoms with van der Waals surface area (Å²) >= 11 is 0. The third-order valence-electron chi connectivity index (χ3n) is 3.52. The van der Waals surface area contributed by atoms with Crippen molar-refractivity contribution in [1.29, 1.82) is 0 Å². The van der Waals surface area contributed by atoms with E-state index in [9.17, 15) is 13.9 Å². The van der Waals surface area contributed by atoms with Gasteiger partial charge in [-0.05, 0) is 24.6 Å². The van der Waals surface area contributed by atoms with Gasteiger partial charge in [-0.25, -0.2) is 8.78 Å². The van der Waals surface area contributed by atoms with Crippen LogP contribution < -0.4 is 0 Å². The Balaban J connectivity index is 2.18. The molecule has 3 nitrogen and oxygen atoms in total. The number of aryl methyl sites for hydroxylation is 1.